The molecule has 0 aromatic carbocycles. The molecule has 2 aliphatic rings. The Labute approximate surface area is 172 Å². The number of nitrogens with one attached hydrogen (secondary N) is 1. The predicted molar refractivity (Wildman–Crippen MR) is 101 cm³/mol. The maximum absolute atomic E-state index is 13.1. The lowest BCUT2D eigenvalue weighted by Gasteiger charge is -2.33. The second-order valence-corrected chi connectivity index (χ2v) is 6.94. The van der Waals surface area contributed by atoms with E-state index >= 15 is 0 Å². The number of imidazole rings is 1. The number of amides is 1. The molecule has 3 aromatic rings. The summed E-state index contributed by atoms with van der Waals surface area (Å²) < 4.78 is 46.2. The van der Waals surface area contributed by atoms with Crippen molar-refractivity contribution in [1.82, 2.24) is 29.7 Å². The van der Waals surface area contributed by atoms with Crippen LogP contribution in [0.4, 0.5) is 19.0 Å². The molecule has 0 saturated carbocycles. The van der Waals surface area contributed by atoms with E-state index in [4.69, 9.17) is 4.74 Å². The quantitative estimate of drug-likeness (QED) is 0.656. The van der Waals surface area contributed by atoms with Gasteiger partial charge in [0, 0.05) is 18.9 Å². The summed E-state index contributed by atoms with van der Waals surface area (Å²) >= 11 is 0. The van der Waals surface area contributed by atoms with Crippen LogP contribution in [0, 0.1) is 0 Å². The van der Waals surface area contributed by atoms with Crippen LogP contribution < -0.4 is 10.2 Å². The van der Waals surface area contributed by atoms with Crippen LogP contribution in [-0.4, -0.2) is 68.4 Å². The summed E-state index contributed by atoms with van der Waals surface area (Å²) in [7, 11) is 0. The number of alkyl halides is 3. The van der Waals surface area contributed by atoms with Crippen molar-refractivity contribution in [2.75, 3.05) is 31.1 Å². The Morgan fingerprint density at radius 2 is 2.06 bits per heavy atom. The van der Waals surface area contributed by atoms with Gasteiger partial charge in [-0.1, -0.05) is 0 Å². The highest BCUT2D eigenvalue weighted by Gasteiger charge is 2.33. The summed E-state index contributed by atoms with van der Waals surface area (Å²) in [4.78, 5) is 33.8. The van der Waals surface area contributed by atoms with Gasteiger partial charge in [0.25, 0.3) is 0 Å². The molecule has 5 rings (SSSR count). The minimum atomic E-state index is -4.58. The third kappa shape index (κ3) is 3.67. The monoisotopic (exact) mass is 432 g/mol. The Morgan fingerprint density at radius 3 is 2.84 bits per heavy atom. The molecule has 0 radical (unpaired) electrons. The topological polar surface area (TPSA) is 110 Å². The van der Waals surface area contributed by atoms with Gasteiger partial charge in [0.05, 0.1) is 25.5 Å². The predicted octanol–water partition coefficient (Wildman–Crippen LogP) is 0.939. The number of fused-ring (bicyclic) bond motifs is 1. The van der Waals surface area contributed by atoms with E-state index in [1.807, 2.05) is 4.90 Å². The molecule has 1 amide bonds. The first kappa shape index (κ1) is 19.4. The van der Waals surface area contributed by atoms with Crippen molar-refractivity contribution >= 4 is 23.2 Å². The first-order valence-electron chi connectivity index (χ1n) is 9.33. The first-order valence-corrected chi connectivity index (χ1v) is 9.33. The highest BCUT2D eigenvalue weighted by atomic mass is 19.4. The maximum Gasteiger partial charge on any atom is 0.434 e. The summed E-state index contributed by atoms with van der Waals surface area (Å²) in [5.74, 6) is 1.10. The Bertz CT molecular complexity index is 1190. The lowest BCUT2D eigenvalue weighted by Crippen LogP contribution is -2.49. The molecular weight excluding hydrogens is 417 g/mol. The molecule has 10 nitrogen and oxygen atoms in total. The molecule has 160 valence electrons. The van der Waals surface area contributed by atoms with Gasteiger partial charge in [-0.2, -0.15) is 13.2 Å². The fourth-order valence-electron chi connectivity index (χ4n) is 3.43. The number of ether oxygens (including phenoxy) is 1. The van der Waals surface area contributed by atoms with Crippen molar-refractivity contribution in [3.63, 3.8) is 0 Å². The van der Waals surface area contributed by atoms with E-state index in [1.165, 1.54) is 16.8 Å². The van der Waals surface area contributed by atoms with Gasteiger partial charge in [0.1, 0.15) is 30.0 Å². The summed E-state index contributed by atoms with van der Waals surface area (Å²) in [5, 5.41) is 2.68. The molecule has 0 aliphatic carbocycles. The van der Waals surface area contributed by atoms with Gasteiger partial charge >= 0.3 is 6.18 Å². The fourth-order valence-corrected chi connectivity index (χ4v) is 3.43. The molecule has 1 unspecified atom stereocenters. The van der Waals surface area contributed by atoms with Crippen LogP contribution in [0.1, 0.15) is 5.69 Å². The van der Waals surface area contributed by atoms with E-state index in [-0.39, 0.29) is 23.9 Å². The minimum Gasteiger partial charge on any atom is -0.367 e. The van der Waals surface area contributed by atoms with Crippen molar-refractivity contribution in [3.05, 3.63) is 36.5 Å². The number of rotatable bonds is 3. The SMILES string of the molecule is O=C1CN=C(C2CN(c3ccnc(-c4cnc5cnc(C(F)(F)F)cn45)n3)CCO2)N1. The normalized spacial score (nSPS) is 19.6. The molecule has 1 fully saturated rings. The van der Waals surface area contributed by atoms with Gasteiger partial charge in [-0.05, 0) is 6.07 Å². The summed E-state index contributed by atoms with van der Waals surface area (Å²) in [6.45, 7) is 1.43. The second kappa shape index (κ2) is 7.27. The van der Waals surface area contributed by atoms with Crippen molar-refractivity contribution in [2.45, 2.75) is 12.3 Å². The van der Waals surface area contributed by atoms with Gasteiger partial charge in [-0.25, -0.2) is 19.9 Å². The van der Waals surface area contributed by atoms with E-state index in [0.29, 0.717) is 37.0 Å². The highest BCUT2D eigenvalue weighted by molar-refractivity contribution is 6.06. The highest BCUT2D eigenvalue weighted by Crippen LogP contribution is 2.29. The van der Waals surface area contributed by atoms with Gasteiger partial charge in [-0.3, -0.25) is 14.2 Å². The Balaban J connectivity index is 1.45. The van der Waals surface area contributed by atoms with E-state index in [9.17, 15) is 18.0 Å². The number of morpholine rings is 1. The molecule has 2 aliphatic heterocycles. The largest absolute Gasteiger partial charge is 0.434 e. The number of halogens is 3. The van der Waals surface area contributed by atoms with Crippen LogP contribution in [0.15, 0.2) is 35.8 Å². The number of hydrogen-bond donors (Lipinski definition) is 1. The zero-order chi connectivity index (χ0) is 21.6. The van der Waals surface area contributed by atoms with Crippen LogP contribution in [0.2, 0.25) is 0 Å². The van der Waals surface area contributed by atoms with Crippen molar-refractivity contribution in [1.29, 1.82) is 0 Å². The van der Waals surface area contributed by atoms with Crippen LogP contribution in [-0.2, 0) is 15.7 Å². The number of aliphatic imine (C=N–C) groups is 1. The van der Waals surface area contributed by atoms with Crippen LogP contribution in [0.5, 0.6) is 0 Å². The average molecular weight is 432 g/mol. The molecule has 1 atom stereocenters. The number of carbonyl (C=O) groups excluding carboxylic acids is 1. The zero-order valence-electron chi connectivity index (χ0n) is 15.9. The van der Waals surface area contributed by atoms with Crippen LogP contribution in [0.3, 0.4) is 0 Å². The second-order valence-electron chi connectivity index (χ2n) is 6.94. The Morgan fingerprint density at radius 1 is 1.19 bits per heavy atom. The summed E-state index contributed by atoms with van der Waals surface area (Å²) in [6, 6.07) is 1.70. The van der Waals surface area contributed by atoms with E-state index in [0.717, 1.165) is 12.4 Å². The standard InChI is InChI=1S/C18H15F3N8O2/c19-18(20,21)12-9-29-10(5-24-14(29)6-23-12)16-22-2-1-13(26-16)28-3-4-31-11(8-28)17-25-7-15(30)27-17/h1-2,5-6,9,11H,3-4,7-8H2,(H,25,27,30). The number of carbonyl (C=O) groups is 1. The number of hydrogen-bond acceptors (Lipinski definition) is 8. The number of amidine groups is 1. The van der Waals surface area contributed by atoms with Crippen molar-refractivity contribution in [3.8, 4) is 11.5 Å². The molecule has 3 aromatic heterocycles. The van der Waals surface area contributed by atoms with E-state index < -0.39 is 18.0 Å². The maximum atomic E-state index is 13.1. The fraction of sp³-hybridized carbons (Fsp3) is 0.333. The molecule has 1 saturated heterocycles. The number of anilines is 1. The smallest absolute Gasteiger partial charge is 0.367 e. The number of aromatic nitrogens is 5. The average Bonchev–Trinajstić information content (AvgIpc) is 3.39. The third-order valence-electron chi connectivity index (χ3n) is 4.91. The molecule has 1 N–H and O–H groups in total. The molecule has 5 heterocycles. The molecular formula is C18H15F3N8O2. The molecule has 0 spiro atoms. The van der Waals surface area contributed by atoms with Gasteiger partial charge in [0.2, 0.25) is 5.91 Å². The molecule has 0 bridgehead atoms. The van der Waals surface area contributed by atoms with Crippen LogP contribution >= 0.6 is 0 Å². The number of nitrogens with zero attached hydrogens (tertiary/aromatic N) is 7. The van der Waals surface area contributed by atoms with Crippen molar-refractivity contribution < 1.29 is 22.7 Å². The lowest BCUT2D eigenvalue weighted by molar-refractivity contribution is -0.141. The summed E-state index contributed by atoms with van der Waals surface area (Å²) in [5.41, 5.74) is -0.480. The van der Waals surface area contributed by atoms with Gasteiger partial charge < -0.3 is 15.0 Å². The zero-order valence-corrected chi connectivity index (χ0v) is 15.9. The first-order chi connectivity index (χ1) is 14.9. The van der Waals surface area contributed by atoms with E-state index in [2.05, 4.69) is 30.2 Å². The Hall–Kier alpha value is -3.61. The minimum absolute atomic E-state index is 0.0793. The van der Waals surface area contributed by atoms with Gasteiger partial charge in [-0.15, -0.1) is 0 Å². The summed E-state index contributed by atoms with van der Waals surface area (Å²) in [6.07, 6.45) is -0.128. The van der Waals surface area contributed by atoms with Crippen molar-refractivity contribution in [2.24, 2.45) is 4.99 Å². The third-order valence-corrected chi connectivity index (χ3v) is 4.91. The van der Waals surface area contributed by atoms with Crippen LogP contribution in [0.25, 0.3) is 17.2 Å². The lowest BCUT2D eigenvalue weighted by atomic mass is 10.2. The van der Waals surface area contributed by atoms with E-state index in [1.54, 1.807) is 6.07 Å². The molecule has 31 heavy (non-hydrogen) atoms. The molecule has 13 heteroatoms. The Kier molecular flexibility index (Phi) is 4.54. The van der Waals surface area contributed by atoms with Gasteiger partial charge in [0.15, 0.2) is 17.2 Å².